The molecule has 15 heavy (non-hydrogen) atoms. The molecule has 0 unspecified atom stereocenters. The third kappa shape index (κ3) is 5.92. The Balaban J connectivity index is 4.32. The Labute approximate surface area is 93.2 Å². The lowest BCUT2D eigenvalue weighted by Gasteiger charge is -2.20. The molecule has 0 atom stereocenters. The SMILES string of the molecule is C=C(C)CN(CC)S(=O)(=O)CCCCN. The second-order valence-corrected chi connectivity index (χ2v) is 5.78. The van der Waals surface area contributed by atoms with E-state index < -0.39 is 10.0 Å². The average Bonchev–Trinajstić information content (AvgIpc) is 2.14. The molecule has 0 aromatic heterocycles. The number of likely N-dealkylation sites (N-methyl/N-ethyl adjacent to an activating group) is 1. The van der Waals surface area contributed by atoms with E-state index in [-0.39, 0.29) is 5.75 Å². The predicted octanol–water partition coefficient (Wildman–Crippen LogP) is 0.953. The first-order valence-electron chi connectivity index (χ1n) is 5.26. The van der Waals surface area contributed by atoms with Crippen LogP contribution in [0.2, 0.25) is 0 Å². The Bertz CT molecular complexity index is 286. The van der Waals surface area contributed by atoms with Gasteiger partial charge in [-0.15, -0.1) is 0 Å². The van der Waals surface area contributed by atoms with Gasteiger partial charge in [0.15, 0.2) is 0 Å². The molecule has 0 saturated heterocycles. The predicted molar refractivity (Wildman–Crippen MR) is 64.1 cm³/mol. The van der Waals surface area contributed by atoms with Gasteiger partial charge in [0.1, 0.15) is 0 Å². The maximum Gasteiger partial charge on any atom is 0.214 e. The van der Waals surface area contributed by atoms with Crippen LogP contribution in [0.1, 0.15) is 26.7 Å². The third-order valence-electron chi connectivity index (χ3n) is 2.05. The molecule has 0 rings (SSSR count). The molecule has 0 saturated carbocycles. The topological polar surface area (TPSA) is 63.4 Å². The molecular weight excluding hydrogens is 212 g/mol. The highest BCUT2D eigenvalue weighted by Gasteiger charge is 2.19. The largest absolute Gasteiger partial charge is 0.330 e. The third-order valence-corrected chi connectivity index (χ3v) is 4.03. The first-order chi connectivity index (χ1) is 6.94. The number of hydrogen-bond acceptors (Lipinski definition) is 3. The van der Waals surface area contributed by atoms with Crippen LogP contribution in [0.15, 0.2) is 12.2 Å². The maximum atomic E-state index is 11.8. The summed E-state index contributed by atoms with van der Waals surface area (Å²) in [6, 6.07) is 0. The number of sulfonamides is 1. The van der Waals surface area contributed by atoms with E-state index in [0.29, 0.717) is 26.1 Å². The zero-order valence-corrected chi connectivity index (χ0v) is 10.5. The molecule has 5 heteroatoms. The van der Waals surface area contributed by atoms with Crippen LogP contribution in [0.25, 0.3) is 0 Å². The Kier molecular flexibility index (Phi) is 6.80. The van der Waals surface area contributed by atoms with Gasteiger partial charge in [-0.1, -0.05) is 19.1 Å². The summed E-state index contributed by atoms with van der Waals surface area (Å²) in [6.07, 6.45) is 1.38. The van der Waals surface area contributed by atoms with E-state index in [1.54, 1.807) is 0 Å². The van der Waals surface area contributed by atoms with Crippen LogP contribution in [0.4, 0.5) is 0 Å². The molecule has 0 aliphatic carbocycles. The fourth-order valence-corrected chi connectivity index (χ4v) is 2.90. The molecular formula is C10H22N2O2S. The highest BCUT2D eigenvalue weighted by atomic mass is 32.2. The van der Waals surface area contributed by atoms with Gasteiger partial charge in [0.05, 0.1) is 5.75 Å². The van der Waals surface area contributed by atoms with E-state index in [4.69, 9.17) is 5.73 Å². The van der Waals surface area contributed by atoms with Crippen LogP contribution in [-0.4, -0.2) is 38.1 Å². The number of hydrogen-bond donors (Lipinski definition) is 1. The summed E-state index contributed by atoms with van der Waals surface area (Å²) in [5.41, 5.74) is 6.19. The Morgan fingerprint density at radius 2 is 2.00 bits per heavy atom. The molecule has 0 heterocycles. The van der Waals surface area contributed by atoms with Crippen molar-refractivity contribution in [1.82, 2.24) is 4.31 Å². The van der Waals surface area contributed by atoms with Crippen molar-refractivity contribution in [3.63, 3.8) is 0 Å². The molecule has 0 aromatic carbocycles. The molecule has 4 nitrogen and oxygen atoms in total. The van der Waals surface area contributed by atoms with Gasteiger partial charge >= 0.3 is 0 Å². The number of rotatable bonds is 8. The van der Waals surface area contributed by atoms with Crippen LogP contribution < -0.4 is 5.73 Å². The minimum atomic E-state index is -3.12. The van der Waals surface area contributed by atoms with Gasteiger partial charge in [-0.25, -0.2) is 8.42 Å². The quantitative estimate of drug-likeness (QED) is 0.502. The zero-order valence-electron chi connectivity index (χ0n) is 9.70. The van der Waals surface area contributed by atoms with Crippen LogP contribution >= 0.6 is 0 Å². The van der Waals surface area contributed by atoms with Crippen molar-refractivity contribution < 1.29 is 8.42 Å². The zero-order chi connectivity index (χ0) is 11.9. The molecule has 0 amide bonds. The van der Waals surface area contributed by atoms with Crippen molar-refractivity contribution >= 4 is 10.0 Å². The summed E-state index contributed by atoms with van der Waals surface area (Å²) < 4.78 is 25.1. The fourth-order valence-electron chi connectivity index (χ4n) is 1.27. The van der Waals surface area contributed by atoms with E-state index in [1.165, 1.54) is 4.31 Å². The normalized spacial score (nSPS) is 12.0. The van der Waals surface area contributed by atoms with Gasteiger partial charge in [0, 0.05) is 13.1 Å². The summed E-state index contributed by atoms with van der Waals surface area (Å²) in [4.78, 5) is 0. The number of nitrogens with zero attached hydrogens (tertiary/aromatic N) is 1. The second-order valence-electron chi connectivity index (χ2n) is 3.70. The monoisotopic (exact) mass is 234 g/mol. The average molecular weight is 234 g/mol. The van der Waals surface area contributed by atoms with E-state index >= 15 is 0 Å². The smallest absolute Gasteiger partial charge is 0.214 e. The van der Waals surface area contributed by atoms with Gasteiger partial charge in [-0.2, -0.15) is 4.31 Å². The van der Waals surface area contributed by atoms with E-state index in [9.17, 15) is 8.42 Å². The molecule has 0 spiro atoms. The first-order valence-corrected chi connectivity index (χ1v) is 6.87. The van der Waals surface area contributed by atoms with Crippen molar-refractivity contribution in [1.29, 1.82) is 0 Å². The lowest BCUT2D eigenvalue weighted by atomic mass is 10.3. The van der Waals surface area contributed by atoms with Gasteiger partial charge < -0.3 is 5.73 Å². The molecule has 0 fully saturated rings. The summed E-state index contributed by atoms with van der Waals surface area (Å²) in [5, 5.41) is 0. The standard InChI is InChI=1S/C10H22N2O2S/c1-4-12(9-10(2)3)15(13,14)8-6-5-7-11/h2,4-9,11H2,1,3H3. The van der Waals surface area contributed by atoms with Gasteiger partial charge in [0.25, 0.3) is 0 Å². The lowest BCUT2D eigenvalue weighted by molar-refractivity contribution is 0.451. The number of unbranched alkanes of at least 4 members (excludes halogenated alkanes) is 1. The molecule has 0 aromatic rings. The Morgan fingerprint density at radius 3 is 2.40 bits per heavy atom. The first kappa shape index (κ1) is 14.6. The van der Waals surface area contributed by atoms with E-state index in [0.717, 1.165) is 12.0 Å². The molecule has 0 radical (unpaired) electrons. The van der Waals surface area contributed by atoms with Crippen LogP contribution in [0.5, 0.6) is 0 Å². The van der Waals surface area contributed by atoms with Gasteiger partial charge in [-0.05, 0) is 26.3 Å². The van der Waals surface area contributed by atoms with Gasteiger partial charge in [0.2, 0.25) is 10.0 Å². The van der Waals surface area contributed by atoms with E-state index in [1.807, 2.05) is 13.8 Å². The summed E-state index contributed by atoms with van der Waals surface area (Å²) in [6.45, 7) is 8.85. The highest BCUT2D eigenvalue weighted by Crippen LogP contribution is 2.06. The van der Waals surface area contributed by atoms with Crippen LogP contribution in [-0.2, 0) is 10.0 Å². The Morgan fingerprint density at radius 1 is 1.40 bits per heavy atom. The second kappa shape index (κ2) is 6.98. The summed E-state index contributed by atoms with van der Waals surface area (Å²) >= 11 is 0. The van der Waals surface area contributed by atoms with Gasteiger partial charge in [-0.3, -0.25) is 0 Å². The van der Waals surface area contributed by atoms with Crippen molar-refractivity contribution in [2.24, 2.45) is 5.73 Å². The molecule has 0 aliphatic rings. The highest BCUT2D eigenvalue weighted by molar-refractivity contribution is 7.89. The van der Waals surface area contributed by atoms with Crippen molar-refractivity contribution in [2.75, 3.05) is 25.4 Å². The maximum absolute atomic E-state index is 11.8. The molecule has 0 bridgehead atoms. The van der Waals surface area contributed by atoms with Crippen molar-refractivity contribution in [3.05, 3.63) is 12.2 Å². The summed E-state index contributed by atoms with van der Waals surface area (Å²) in [5.74, 6) is 0.186. The summed E-state index contributed by atoms with van der Waals surface area (Å²) in [7, 11) is -3.12. The van der Waals surface area contributed by atoms with Crippen molar-refractivity contribution in [2.45, 2.75) is 26.7 Å². The molecule has 0 aliphatic heterocycles. The Hall–Kier alpha value is -0.390. The molecule has 90 valence electrons. The van der Waals surface area contributed by atoms with E-state index in [2.05, 4.69) is 6.58 Å². The minimum Gasteiger partial charge on any atom is -0.330 e. The van der Waals surface area contributed by atoms with Crippen LogP contribution in [0.3, 0.4) is 0 Å². The fraction of sp³-hybridized carbons (Fsp3) is 0.800. The van der Waals surface area contributed by atoms with Crippen molar-refractivity contribution in [3.8, 4) is 0 Å². The minimum absolute atomic E-state index is 0.186. The van der Waals surface area contributed by atoms with Crippen LogP contribution in [0, 0.1) is 0 Å². The number of nitrogens with two attached hydrogens (primary N) is 1. The molecule has 2 N–H and O–H groups in total. The lowest BCUT2D eigenvalue weighted by Crippen LogP contribution is -2.34.